The molecule has 3 rings (SSSR count). The Hall–Kier alpha value is -2.80. The predicted molar refractivity (Wildman–Crippen MR) is 97.8 cm³/mol. The molecule has 0 aliphatic heterocycles. The highest BCUT2D eigenvalue weighted by molar-refractivity contribution is 5.93. The Morgan fingerprint density at radius 3 is 2.37 bits per heavy atom. The Morgan fingerprint density at radius 2 is 1.74 bits per heavy atom. The molecule has 1 aliphatic carbocycles. The molecule has 0 fully saturated rings. The van der Waals surface area contributed by atoms with Gasteiger partial charge in [-0.25, -0.2) is 13.2 Å². The molecule has 7 heteroatoms. The lowest BCUT2D eigenvalue weighted by Crippen LogP contribution is -2.33. The minimum atomic E-state index is -1.21. The van der Waals surface area contributed by atoms with Gasteiger partial charge in [-0.2, -0.15) is 0 Å². The highest BCUT2D eigenvalue weighted by Gasteiger charge is 2.27. The molecule has 0 spiro atoms. The van der Waals surface area contributed by atoms with Crippen molar-refractivity contribution in [2.24, 2.45) is 11.5 Å². The van der Waals surface area contributed by atoms with Crippen molar-refractivity contribution in [2.75, 3.05) is 11.9 Å². The Labute approximate surface area is 155 Å². The first-order chi connectivity index (χ1) is 12.8. The van der Waals surface area contributed by atoms with Gasteiger partial charge in [-0.05, 0) is 48.7 Å². The highest BCUT2D eigenvalue weighted by atomic mass is 19.2. The van der Waals surface area contributed by atoms with Crippen LogP contribution in [0, 0.1) is 17.5 Å². The maximum absolute atomic E-state index is 14.0. The fourth-order valence-electron chi connectivity index (χ4n) is 3.29. The number of hydrogen-bond acceptors (Lipinski definition) is 3. The number of allylic oxidation sites excluding steroid dienone is 1. The normalized spacial score (nSPS) is 19.5. The maximum Gasteiger partial charge on any atom is 0.248 e. The molecule has 27 heavy (non-hydrogen) atoms. The number of halogens is 3. The summed E-state index contributed by atoms with van der Waals surface area (Å²) in [7, 11) is 0. The molecule has 1 aliphatic rings. The van der Waals surface area contributed by atoms with Gasteiger partial charge in [0.1, 0.15) is 5.82 Å². The molecular weight excluding hydrogens is 355 g/mol. The monoisotopic (exact) mass is 375 g/mol. The molecule has 0 bridgehead atoms. The van der Waals surface area contributed by atoms with E-state index in [0.717, 1.165) is 17.3 Å². The molecule has 2 atom stereocenters. The lowest BCUT2D eigenvalue weighted by atomic mass is 9.80. The van der Waals surface area contributed by atoms with E-state index in [9.17, 15) is 18.0 Å². The molecule has 2 aromatic rings. The van der Waals surface area contributed by atoms with Crippen molar-refractivity contribution in [1.82, 2.24) is 0 Å². The van der Waals surface area contributed by atoms with Crippen molar-refractivity contribution in [1.29, 1.82) is 0 Å². The van der Waals surface area contributed by atoms with Gasteiger partial charge in [0.25, 0.3) is 0 Å². The largest absolute Gasteiger partial charge is 0.381 e. The number of hydrogen-bond donors (Lipinski definition) is 3. The number of amides is 1. The Morgan fingerprint density at radius 1 is 1.07 bits per heavy atom. The summed E-state index contributed by atoms with van der Waals surface area (Å²) in [5.41, 5.74) is 13.8. The van der Waals surface area contributed by atoms with Crippen molar-refractivity contribution in [3.63, 3.8) is 0 Å². The second kappa shape index (κ2) is 7.84. The van der Waals surface area contributed by atoms with Gasteiger partial charge in [-0.15, -0.1) is 0 Å². The van der Waals surface area contributed by atoms with E-state index >= 15 is 0 Å². The molecule has 0 saturated heterocycles. The number of primary amides is 1. The van der Waals surface area contributed by atoms with Gasteiger partial charge in [0.2, 0.25) is 5.91 Å². The second-order valence-electron chi connectivity index (χ2n) is 6.66. The SMILES string of the molecule is NC(=O)c1ccc(NCC2=CC[C@H](c3cc(F)c(F)cc3F)[C@@H](N)C2)cc1. The van der Waals surface area contributed by atoms with E-state index < -0.39 is 35.3 Å². The van der Waals surface area contributed by atoms with Crippen LogP contribution in [0.2, 0.25) is 0 Å². The Kier molecular flexibility index (Phi) is 5.51. The minimum absolute atomic E-state index is 0.103. The van der Waals surface area contributed by atoms with Crippen LogP contribution in [0.15, 0.2) is 48.0 Å². The van der Waals surface area contributed by atoms with E-state index in [1.54, 1.807) is 24.3 Å². The van der Waals surface area contributed by atoms with Crippen molar-refractivity contribution >= 4 is 11.6 Å². The third kappa shape index (κ3) is 4.31. The first kappa shape index (κ1) is 19.0. The summed E-state index contributed by atoms with van der Waals surface area (Å²) >= 11 is 0. The summed E-state index contributed by atoms with van der Waals surface area (Å²) in [6, 6.07) is 7.83. The van der Waals surface area contributed by atoms with E-state index in [0.29, 0.717) is 31.0 Å². The molecule has 4 nitrogen and oxygen atoms in total. The van der Waals surface area contributed by atoms with Gasteiger partial charge in [-0.3, -0.25) is 4.79 Å². The summed E-state index contributed by atoms with van der Waals surface area (Å²) in [6.07, 6.45) is 2.90. The summed E-state index contributed by atoms with van der Waals surface area (Å²) in [5, 5.41) is 3.22. The molecule has 0 saturated carbocycles. The van der Waals surface area contributed by atoms with E-state index in [4.69, 9.17) is 11.5 Å². The smallest absolute Gasteiger partial charge is 0.248 e. The topological polar surface area (TPSA) is 81.1 Å². The zero-order chi connectivity index (χ0) is 19.6. The van der Waals surface area contributed by atoms with Crippen LogP contribution in [0.5, 0.6) is 0 Å². The molecule has 5 N–H and O–H groups in total. The van der Waals surface area contributed by atoms with Gasteiger partial charge in [0.15, 0.2) is 11.6 Å². The number of rotatable bonds is 5. The fraction of sp³-hybridized carbons (Fsp3) is 0.250. The van der Waals surface area contributed by atoms with E-state index in [1.165, 1.54) is 0 Å². The summed E-state index contributed by atoms with van der Waals surface area (Å²) in [4.78, 5) is 11.1. The second-order valence-corrected chi connectivity index (χ2v) is 6.66. The number of carbonyl (C=O) groups excluding carboxylic acids is 1. The molecule has 142 valence electrons. The van der Waals surface area contributed by atoms with Crippen LogP contribution in [0.1, 0.15) is 34.7 Å². The van der Waals surface area contributed by atoms with Crippen LogP contribution in [0.4, 0.5) is 18.9 Å². The lowest BCUT2D eigenvalue weighted by Gasteiger charge is -2.29. The maximum atomic E-state index is 14.0. The third-order valence-electron chi connectivity index (χ3n) is 4.80. The van der Waals surface area contributed by atoms with Crippen molar-refractivity contribution < 1.29 is 18.0 Å². The number of nitrogens with one attached hydrogen (secondary N) is 1. The predicted octanol–water partition coefficient (Wildman–Crippen LogP) is 3.45. The van der Waals surface area contributed by atoms with Crippen LogP contribution in [-0.2, 0) is 0 Å². The number of benzene rings is 2. The number of anilines is 1. The number of carbonyl (C=O) groups is 1. The molecule has 0 aromatic heterocycles. The van der Waals surface area contributed by atoms with Gasteiger partial charge in [-0.1, -0.05) is 11.6 Å². The molecule has 1 amide bonds. The van der Waals surface area contributed by atoms with E-state index in [2.05, 4.69) is 5.32 Å². The van der Waals surface area contributed by atoms with Crippen molar-refractivity contribution in [2.45, 2.75) is 24.8 Å². The third-order valence-corrected chi connectivity index (χ3v) is 4.80. The molecule has 0 heterocycles. The van der Waals surface area contributed by atoms with Gasteiger partial charge >= 0.3 is 0 Å². The zero-order valence-electron chi connectivity index (χ0n) is 14.5. The van der Waals surface area contributed by atoms with Crippen LogP contribution in [-0.4, -0.2) is 18.5 Å². The average molecular weight is 375 g/mol. The molecule has 2 aromatic carbocycles. The Balaban J connectivity index is 1.65. The quantitative estimate of drug-likeness (QED) is 0.553. The highest BCUT2D eigenvalue weighted by Crippen LogP contribution is 2.33. The van der Waals surface area contributed by atoms with Crippen LogP contribution in [0.25, 0.3) is 0 Å². The summed E-state index contributed by atoms with van der Waals surface area (Å²) in [6.45, 7) is 0.538. The van der Waals surface area contributed by atoms with Crippen LogP contribution < -0.4 is 16.8 Å². The molecule has 0 unspecified atom stereocenters. The standard InChI is InChI=1S/C20H20F3N3O/c21-16-9-18(23)17(22)8-15(16)14-6-1-11(7-19(14)24)10-26-13-4-2-12(3-5-13)20(25)27/h1-5,8-9,14,19,26H,6-7,10,24H2,(H2,25,27)/t14-,19+/m1/s1. The lowest BCUT2D eigenvalue weighted by molar-refractivity contribution is 0.100. The fourth-order valence-corrected chi connectivity index (χ4v) is 3.29. The molecular formula is C20H20F3N3O. The first-order valence-corrected chi connectivity index (χ1v) is 8.57. The van der Waals surface area contributed by atoms with Crippen LogP contribution >= 0.6 is 0 Å². The van der Waals surface area contributed by atoms with Gasteiger partial charge in [0, 0.05) is 35.8 Å². The van der Waals surface area contributed by atoms with Gasteiger partial charge in [0.05, 0.1) is 0 Å². The minimum Gasteiger partial charge on any atom is -0.381 e. The summed E-state index contributed by atoms with van der Waals surface area (Å²) < 4.78 is 40.6. The average Bonchev–Trinajstić information content (AvgIpc) is 2.64. The van der Waals surface area contributed by atoms with Crippen LogP contribution in [0.3, 0.4) is 0 Å². The van der Waals surface area contributed by atoms with Crippen molar-refractivity contribution in [3.05, 3.63) is 76.6 Å². The van der Waals surface area contributed by atoms with Gasteiger partial charge < -0.3 is 16.8 Å². The molecule has 0 radical (unpaired) electrons. The number of nitrogens with two attached hydrogens (primary N) is 2. The van der Waals surface area contributed by atoms with Crippen molar-refractivity contribution in [3.8, 4) is 0 Å². The van der Waals surface area contributed by atoms with E-state index in [-0.39, 0.29) is 5.56 Å². The summed E-state index contributed by atoms with van der Waals surface area (Å²) in [5.74, 6) is -3.95. The first-order valence-electron chi connectivity index (χ1n) is 8.57. The van der Waals surface area contributed by atoms with E-state index in [1.807, 2.05) is 6.08 Å². The Bertz CT molecular complexity index is 881. The zero-order valence-corrected chi connectivity index (χ0v) is 14.5.